The van der Waals surface area contributed by atoms with Gasteiger partial charge >= 0.3 is 0 Å². The van der Waals surface area contributed by atoms with Crippen LogP contribution >= 0.6 is 11.3 Å². The Morgan fingerprint density at radius 2 is 2.00 bits per heavy atom. The largest absolute Gasteiger partial charge is 0.394 e. The average molecular weight is 499 g/mol. The van der Waals surface area contributed by atoms with Crippen molar-refractivity contribution in [2.75, 3.05) is 12.3 Å². The Labute approximate surface area is 205 Å². The number of hydrogen-bond donors (Lipinski definition) is 4. The fourth-order valence-electron chi connectivity index (χ4n) is 4.04. The van der Waals surface area contributed by atoms with Crippen molar-refractivity contribution in [3.8, 4) is 0 Å². The molecule has 3 aromatic heterocycles. The third-order valence-electron chi connectivity index (χ3n) is 5.55. The first kappa shape index (κ1) is 24.6. The van der Waals surface area contributed by atoms with E-state index in [0.29, 0.717) is 17.2 Å². The molecule has 0 aliphatic heterocycles. The molecule has 0 spiro atoms. The minimum Gasteiger partial charge on any atom is -0.394 e. The van der Waals surface area contributed by atoms with E-state index in [1.165, 1.54) is 15.7 Å². The first-order valence-corrected chi connectivity index (χ1v) is 12.0. The standard InChI is InChI=1S/C24H27FN6O3S/c1-12(2)6-16(11-32)29-23(34)20-13(3)28-21-17(8-15(25)10-31(20)21)22(33)27-9-14-4-5-18-19(7-14)35-24(26)30-18/h4-5,7-8,10,12,16,32H,6,9,11H2,1-3H3,(H2,26,30)(H,27,33)(H,29,34)/t16-/m1/s1. The maximum atomic E-state index is 14.5. The van der Waals surface area contributed by atoms with E-state index in [4.69, 9.17) is 5.73 Å². The molecule has 0 bridgehead atoms. The Balaban J connectivity index is 1.59. The Morgan fingerprint density at radius 3 is 2.71 bits per heavy atom. The van der Waals surface area contributed by atoms with Crippen LogP contribution in [0.1, 0.15) is 52.4 Å². The summed E-state index contributed by atoms with van der Waals surface area (Å²) in [7, 11) is 0. The number of aliphatic hydroxyl groups is 1. The van der Waals surface area contributed by atoms with E-state index in [9.17, 15) is 19.1 Å². The molecule has 11 heteroatoms. The molecular weight excluding hydrogens is 471 g/mol. The number of rotatable bonds is 8. The van der Waals surface area contributed by atoms with Gasteiger partial charge in [-0.15, -0.1) is 0 Å². The van der Waals surface area contributed by atoms with Crippen molar-refractivity contribution in [2.24, 2.45) is 5.92 Å². The zero-order valence-corrected chi connectivity index (χ0v) is 20.4. The number of aromatic nitrogens is 3. The number of hydrogen-bond acceptors (Lipinski definition) is 7. The highest BCUT2D eigenvalue weighted by Gasteiger charge is 2.24. The molecule has 5 N–H and O–H groups in total. The van der Waals surface area contributed by atoms with Gasteiger partial charge in [0.2, 0.25) is 0 Å². The summed E-state index contributed by atoms with van der Waals surface area (Å²) >= 11 is 1.35. The topological polar surface area (TPSA) is 135 Å². The first-order chi connectivity index (χ1) is 16.7. The van der Waals surface area contributed by atoms with E-state index in [1.807, 2.05) is 32.0 Å². The molecule has 1 aromatic carbocycles. The molecule has 184 valence electrons. The highest BCUT2D eigenvalue weighted by atomic mass is 32.1. The van der Waals surface area contributed by atoms with Gasteiger partial charge in [0.25, 0.3) is 11.8 Å². The van der Waals surface area contributed by atoms with Gasteiger partial charge in [0.15, 0.2) is 10.8 Å². The number of carbonyl (C=O) groups is 2. The smallest absolute Gasteiger partial charge is 0.270 e. The van der Waals surface area contributed by atoms with Gasteiger partial charge in [0.1, 0.15) is 11.5 Å². The quantitative estimate of drug-likeness (QED) is 0.295. The van der Waals surface area contributed by atoms with Crippen molar-refractivity contribution in [3.63, 3.8) is 0 Å². The lowest BCUT2D eigenvalue weighted by molar-refractivity contribution is 0.0899. The zero-order valence-electron chi connectivity index (χ0n) is 19.6. The lowest BCUT2D eigenvalue weighted by Crippen LogP contribution is -2.39. The van der Waals surface area contributed by atoms with Crippen molar-refractivity contribution in [1.82, 2.24) is 25.0 Å². The number of aliphatic hydroxyl groups excluding tert-OH is 1. The monoisotopic (exact) mass is 498 g/mol. The second kappa shape index (κ2) is 9.96. The fourth-order valence-corrected chi connectivity index (χ4v) is 4.84. The van der Waals surface area contributed by atoms with Gasteiger partial charge in [-0.25, -0.2) is 14.4 Å². The summed E-state index contributed by atoms with van der Waals surface area (Å²) in [5, 5.41) is 15.6. The number of benzene rings is 1. The summed E-state index contributed by atoms with van der Waals surface area (Å²) < 4.78 is 16.7. The Morgan fingerprint density at radius 1 is 1.23 bits per heavy atom. The minimum atomic E-state index is -0.684. The summed E-state index contributed by atoms with van der Waals surface area (Å²) in [5.74, 6) is -1.44. The lowest BCUT2D eigenvalue weighted by Gasteiger charge is -2.18. The number of carbonyl (C=O) groups excluding carboxylic acids is 2. The number of anilines is 1. The summed E-state index contributed by atoms with van der Waals surface area (Å²) in [6.07, 6.45) is 1.71. The number of nitrogen functional groups attached to an aromatic ring is 1. The van der Waals surface area contributed by atoms with Crippen molar-refractivity contribution < 1.29 is 19.1 Å². The van der Waals surface area contributed by atoms with Gasteiger partial charge in [-0.1, -0.05) is 31.3 Å². The van der Waals surface area contributed by atoms with Crippen molar-refractivity contribution in [2.45, 2.75) is 39.8 Å². The number of fused-ring (bicyclic) bond motifs is 2. The summed E-state index contributed by atoms with van der Waals surface area (Å²) in [4.78, 5) is 34.6. The summed E-state index contributed by atoms with van der Waals surface area (Å²) in [6.45, 7) is 5.57. The number of nitrogens with one attached hydrogen (secondary N) is 2. The van der Waals surface area contributed by atoms with Crippen LogP contribution in [0.4, 0.5) is 9.52 Å². The molecule has 0 aliphatic carbocycles. The molecule has 0 aliphatic rings. The van der Waals surface area contributed by atoms with Crippen LogP contribution < -0.4 is 16.4 Å². The molecule has 35 heavy (non-hydrogen) atoms. The molecule has 0 saturated heterocycles. The van der Waals surface area contributed by atoms with Gasteiger partial charge < -0.3 is 21.5 Å². The second-order valence-electron chi connectivity index (χ2n) is 8.83. The van der Waals surface area contributed by atoms with E-state index < -0.39 is 23.7 Å². The molecule has 0 unspecified atom stereocenters. The van der Waals surface area contributed by atoms with E-state index >= 15 is 0 Å². The molecular formula is C24H27FN6O3S. The average Bonchev–Trinajstić information content (AvgIpc) is 3.33. The molecule has 0 saturated carbocycles. The zero-order chi connectivity index (χ0) is 25.3. The molecule has 1 atom stereocenters. The number of pyridine rings is 1. The van der Waals surface area contributed by atoms with Gasteiger partial charge in [-0.05, 0) is 43.0 Å². The minimum absolute atomic E-state index is 0.0103. The third kappa shape index (κ3) is 5.25. The maximum absolute atomic E-state index is 14.5. The number of thiazole rings is 1. The molecule has 0 radical (unpaired) electrons. The van der Waals surface area contributed by atoms with Crippen LogP contribution in [0.3, 0.4) is 0 Å². The normalized spacial score (nSPS) is 12.4. The predicted octanol–water partition coefficient (Wildman–Crippen LogP) is 3.04. The Hall–Kier alpha value is -3.57. The van der Waals surface area contributed by atoms with Crippen LogP contribution in [-0.2, 0) is 6.54 Å². The lowest BCUT2D eigenvalue weighted by atomic mass is 10.0. The van der Waals surface area contributed by atoms with Crippen molar-refractivity contribution in [1.29, 1.82) is 0 Å². The van der Waals surface area contributed by atoms with Gasteiger partial charge in [0, 0.05) is 12.7 Å². The Bertz CT molecular complexity index is 1410. The van der Waals surface area contributed by atoms with Crippen LogP contribution in [0, 0.1) is 18.7 Å². The summed E-state index contributed by atoms with van der Waals surface area (Å²) in [6, 6.07) is 6.20. The fraction of sp³-hybridized carbons (Fsp3) is 0.333. The van der Waals surface area contributed by atoms with E-state index in [2.05, 4.69) is 20.6 Å². The number of aryl methyl sites for hydroxylation is 1. The number of halogens is 1. The molecule has 4 aromatic rings. The van der Waals surface area contributed by atoms with Crippen molar-refractivity contribution in [3.05, 3.63) is 58.8 Å². The molecule has 4 rings (SSSR count). The highest BCUT2D eigenvalue weighted by Crippen LogP contribution is 2.25. The number of imidazole rings is 1. The maximum Gasteiger partial charge on any atom is 0.270 e. The first-order valence-electron chi connectivity index (χ1n) is 11.2. The summed E-state index contributed by atoms with van der Waals surface area (Å²) in [5.41, 5.74) is 8.00. The predicted molar refractivity (Wildman–Crippen MR) is 133 cm³/mol. The van der Waals surface area contributed by atoms with Crippen molar-refractivity contribution >= 4 is 44.1 Å². The van der Waals surface area contributed by atoms with E-state index in [0.717, 1.165) is 28.0 Å². The molecule has 9 nitrogen and oxygen atoms in total. The van der Waals surface area contributed by atoms with E-state index in [-0.39, 0.29) is 36.0 Å². The van der Waals surface area contributed by atoms with Gasteiger partial charge in [-0.3, -0.25) is 14.0 Å². The molecule has 0 fully saturated rings. The number of nitrogens with two attached hydrogens (primary N) is 1. The second-order valence-corrected chi connectivity index (χ2v) is 9.89. The van der Waals surface area contributed by atoms with E-state index in [1.54, 1.807) is 6.92 Å². The van der Waals surface area contributed by atoms with Crippen LogP contribution in [0.25, 0.3) is 15.9 Å². The van der Waals surface area contributed by atoms with Crippen LogP contribution in [0.2, 0.25) is 0 Å². The van der Waals surface area contributed by atoms with Gasteiger partial charge in [-0.2, -0.15) is 0 Å². The van der Waals surface area contributed by atoms with Crippen LogP contribution in [0.5, 0.6) is 0 Å². The molecule has 2 amide bonds. The molecule has 3 heterocycles. The Kier molecular flexibility index (Phi) is 6.99. The van der Waals surface area contributed by atoms with Crippen LogP contribution in [-0.4, -0.2) is 43.9 Å². The SMILES string of the molecule is Cc1nc2c(C(=O)NCc3ccc4nc(N)sc4c3)cc(F)cn2c1C(=O)N[C@@H](CO)CC(C)C. The number of amides is 2. The van der Waals surface area contributed by atoms with Crippen LogP contribution in [0.15, 0.2) is 30.5 Å². The number of nitrogens with zero attached hydrogens (tertiary/aromatic N) is 3. The third-order valence-corrected chi connectivity index (χ3v) is 6.40. The highest BCUT2D eigenvalue weighted by molar-refractivity contribution is 7.22. The van der Waals surface area contributed by atoms with Gasteiger partial charge in [0.05, 0.1) is 34.1 Å².